The number of aliphatic carboxylic acids is 1. The minimum Gasteiger partial charge on any atom is -0.480 e. The molecule has 0 radical (unpaired) electrons. The molecule has 62 heavy (non-hydrogen) atoms. The lowest BCUT2D eigenvalue weighted by Crippen LogP contribution is -2.34. The molecular formula is C50H84NO10P. The molecule has 0 saturated carbocycles. The van der Waals surface area contributed by atoms with Gasteiger partial charge in [0.2, 0.25) is 0 Å². The molecule has 0 spiro atoms. The van der Waals surface area contributed by atoms with Gasteiger partial charge in [-0.05, 0) is 70.6 Å². The van der Waals surface area contributed by atoms with Gasteiger partial charge in [-0.1, -0.05) is 182 Å². The van der Waals surface area contributed by atoms with Crippen molar-refractivity contribution in [1.82, 2.24) is 0 Å². The van der Waals surface area contributed by atoms with Crippen LogP contribution < -0.4 is 5.73 Å². The quantitative estimate of drug-likeness (QED) is 0.0230. The molecule has 11 nitrogen and oxygen atoms in total. The standard InChI is InChI=1S/C50H84NO10P/c1-3-5-7-9-11-13-15-17-19-20-21-22-23-24-25-26-28-29-31-33-35-37-39-41-48(52)58-43-46(44-59-62(56,57)60-45-47(51)50(54)55)61-49(53)42-40-38-36-34-32-30-27-18-16-14-12-10-8-6-4-2/h6,8,12,14-15,17-18,20-21,27,32,34,38,40,46-47H,3-5,7,9-11,13,16,19,22-26,28-31,33,35-37,39,41-45,51H2,1-2H3,(H,54,55)(H,56,57)/b8-6-,14-12-,17-15-,21-20-,27-18-,34-32-,40-38-. The fourth-order valence-corrected chi connectivity index (χ4v) is 6.77. The van der Waals surface area contributed by atoms with Crippen molar-refractivity contribution in [2.24, 2.45) is 5.73 Å². The first kappa shape index (κ1) is 58.7. The molecule has 0 aromatic heterocycles. The van der Waals surface area contributed by atoms with Crippen LogP contribution in [0.1, 0.15) is 181 Å². The van der Waals surface area contributed by atoms with Crippen molar-refractivity contribution in [2.75, 3.05) is 19.8 Å². The molecule has 354 valence electrons. The van der Waals surface area contributed by atoms with E-state index in [1.165, 1.54) is 89.9 Å². The number of nitrogens with two attached hydrogens (primary N) is 1. The van der Waals surface area contributed by atoms with Gasteiger partial charge in [0, 0.05) is 6.42 Å². The molecule has 0 aliphatic rings. The zero-order valence-electron chi connectivity index (χ0n) is 38.4. The maximum Gasteiger partial charge on any atom is 0.472 e. The summed E-state index contributed by atoms with van der Waals surface area (Å²) in [6.07, 6.45) is 55.4. The Morgan fingerprint density at radius 3 is 1.44 bits per heavy atom. The predicted octanol–water partition coefficient (Wildman–Crippen LogP) is 13.1. The van der Waals surface area contributed by atoms with E-state index < -0.39 is 57.7 Å². The number of unbranched alkanes of at least 4 members (excludes halogenated alkanes) is 16. The number of phosphoric acid groups is 1. The molecule has 0 aromatic carbocycles. The van der Waals surface area contributed by atoms with Crippen LogP contribution in [0.4, 0.5) is 0 Å². The smallest absolute Gasteiger partial charge is 0.472 e. The highest BCUT2D eigenvalue weighted by atomic mass is 31.2. The average molecular weight is 890 g/mol. The van der Waals surface area contributed by atoms with Crippen molar-refractivity contribution >= 4 is 25.7 Å². The second-order valence-electron chi connectivity index (χ2n) is 15.5. The van der Waals surface area contributed by atoms with Crippen LogP contribution in [0.2, 0.25) is 0 Å². The molecule has 3 unspecified atom stereocenters. The summed E-state index contributed by atoms with van der Waals surface area (Å²) < 4.78 is 32.6. The fraction of sp³-hybridized carbons (Fsp3) is 0.660. The Labute approximate surface area is 375 Å². The van der Waals surface area contributed by atoms with E-state index in [2.05, 4.69) is 79.1 Å². The van der Waals surface area contributed by atoms with E-state index in [9.17, 15) is 23.8 Å². The summed E-state index contributed by atoms with van der Waals surface area (Å²) in [5.41, 5.74) is 5.33. The van der Waals surface area contributed by atoms with E-state index in [0.717, 1.165) is 51.4 Å². The van der Waals surface area contributed by atoms with Gasteiger partial charge in [0.1, 0.15) is 12.6 Å². The summed E-state index contributed by atoms with van der Waals surface area (Å²) >= 11 is 0. The lowest BCUT2D eigenvalue weighted by Gasteiger charge is -2.20. The number of phosphoric ester groups is 1. The average Bonchev–Trinajstić information content (AvgIpc) is 3.25. The molecular weight excluding hydrogens is 806 g/mol. The molecule has 0 aliphatic carbocycles. The summed E-state index contributed by atoms with van der Waals surface area (Å²) in [5.74, 6) is -2.55. The Hall–Kier alpha value is -3.34. The first-order chi connectivity index (χ1) is 30.1. The van der Waals surface area contributed by atoms with Crippen LogP contribution in [0.3, 0.4) is 0 Å². The van der Waals surface area contributed by atoms with Gasteiger partial charge in [0.25, 0.3) is 0 Å². The minimum atomic E-state index is -4.75. The Bertz CT molecular complexity index is 1370. The van der Waals surface area contributed by atoms with E-state index in [1.807, 2.05) is 18.2 Å². The number of allylic oxidation sites excluding steroid dienone is 13. The van der Waals surface area contributed by atoms with Crippen molar-refractivity contribution in [2.45, 2.75) is 193 Å². The van der Waals surface area contributed by atoms with Gasteiger partial charge < -0.3 is 25.2 Å². The van der Waals surface area contributed by atoms with Crippen LogP contribution in [0.5, 0.6) is 0 Å². The monoisotopic (exact) mass is 890 g/mol. The van der Waals surface area contributed by atoms with Crippen LogP contribution in [0.25, 0.3) is 0 Å². The van der Waals surface area contributed by atoms with Gasteiger partial charge in [-0.25, -0.2) is 4.57 Å². The normalized spacial score (nSPS) is 14.4. The number of ether oxygens (including phenoxy) is 2. The summed E-state index contributed by atoms with van der Waals surface area (Å²) in [7, 11) is -4.75. The van der Waals surface area contributed by atoms with Crippen molar-refractivity contribution in [1.29, 1.82) is 0 Å². The third-order valence-electron chi connectivity index (χ3n) is 9.66. The lowest BCUT2D eigenvalue weighted by atomic mass is 10.0. The van der Waals surface area contributed by atoms with Crippen molar-refractivity contribution < 1.29 is 47.5 Å². The number of carbonyl (C=O) groups excluding carboxylic acids is 2. The van der Waals surface area contributed by atoms with Gasteiger partial charge in [-0.2, -0.15) is 0 Å². The van der Waals surface area contributed by atoms with E-state index in [0.29, 0.717) is 12.8 Å². The van der Waals surface area contributed by atoms with Gasteiger partial charge in [0.05, 0.1) is 19.6 Å². The van der Waals surface area contributed by atoms with Crippen molar-refractivity contribution in [3.8, 4) is 0 Å². The van der Waals surface area contributed by atoms with Crippen LogP contribution in [0.15, 0.2) is 85.1 Å². The van der Waals surface area contributed by atoms with Gasteiger partial charge >= 0.3 is 25.7 Å². The zero-order valence-corrected chi connectivity index (χ0v) is 39.3. The molecule has 0 fully saturated rings. The number of carboxylic acids is 1. The number of rotatable bonds is 43. The number of hydrogen-bond donors (Lipinski definition) is 3. The highest BCUT2D eigenvalue weighted by molar-refractivity contribution is 7.47. The lowest BCUT2D eigenvalue weighted by molar-refractivity contribution is -0.160. The Balaban J connectivity index is 4.35. The van der Waals surface area contributed by atoms with E-state index in [4.69, 9.17) is 24.8 Å². The van der Waals surface area contributed by atoms with E-state index in [1.54, 1.807) is 6.08 Å². The van der Waals surface area contributed by atoms with Crippen LogP contribution in [-0.4, -0.2) is 59.9 Å². The third-order valence-corrected chi connectivity index (χ3v) is 10.6. The number of carbonyl (C=O) groups is 3. The Morgan fingerprint density at radius 1 is 0.532 bits per heavy atom. The number of carboxylic acid groups (broad SMARTS) is 1. The maximum absolute atomic E-state index is 12.6. The second-order valence-corrected chi connectivity index (χ2v) is 17.0. The molecule has 0 amide bonds. The second kappa shape index (κ2) is 44.3. The summed E-state index contributed by atoms with van der Waals surface area (Å²) in [5, 5.41) is 8.90. The molecule has 12 heteroatoms. The Kier molecular flexibility index (Phi) is 41.9. The number of hydrogen-bond acceptors (Lipinski definition) is 9. The van der Waals surface area contributed by atoms with Crippen LogP contribution >= 0.6 is 7.82 Å². The highest BCUT2D eigenvalue weighted by Crippen LogP contribution is 2.43. The van der Waals surface area contributed by atoms with Crippen molar-refractivity contribution in [3.63, 3.8) is 0 Å². The van der Waals surface area contributed by atoms with E-state index >= 15 is 0 Å². The van der Waals surface area contributed by atoms with Gasteiger partial charge in [-0.3, -0.25) is 23.4 Å². The highest BCUT2D eigenvalue weighted by Gasteiger charge is 2.28. The number of esters is 2. The molecule has 0 rings (SSSR count). The molecule has 4 N–H and O–H groups in total. The summed E-state index contributed by atoms with van der Waals surface area (Å²) in [6, 6.07) is -1.54. The van der Waals surface area contributed by atoms with Crippen molar-refractivity contribution in [3.05, 3.63) is 85.1 Å². The van der Waals surface area contributed by atoms with Gasteiger partial charge in [-0.15, -0.1) is 0 Å². The van der Waals surface area contributed by atoms with Crippen LogP contribution in [-0.2, 0) is 37.5 Å². The SMILES string of the molecule is CC/C=C\C/C=C\C/C=C\C/C=C\C/C=C\CC(=O)OC(COC(=O)CCCCCCCCCCCCC/C=C\C/C=C\CCCCCCC)COP(=O)(O)OCC(N)C(=O)O. The minimum absolute atomic E-state index is 0.0750. The largest absolute Gasteiger partial charge is 0.480 e. The fourth-order valence-electron chi connectivity index (χ4n) is 5.99. The van der Waals surface area contributed by atoms with Crippen LogP contribution in [0, 0.1) is 0 Å². The van der Waals surface area contributed by atoms with E-state index in [-0.39, 0.29) is 12.8 Å². The first-order valence-corrected chi connectivity index (χ1v) is 25.1. The first-order valence-electron chi connectivity index (χ1n) is 23.6. The molecule has 0 heterocycles. The molecule has 0 aliphatic heterocycles. The molecule has 0 aromatic rings. The molecule has 0 bridgehead atoms. The topological polar surface area (TPSA) is 172 Å². The maximum atomic E-state index is 12.6. The summed E-state index contributed by atoms with van der Waals surface area (Å²) in [6.45, 7) is 2.57. The summed E-state index contributed by atoms with van der Waals surface area (Å²) in [4.78, 5) is 46.0. The molecule has 0 saturated heterocycles. The van der Waals surface area contributed by atoms with Gasteiger partial charge in [0.15, 0.2) is 6.10 Å². The molecule has 3 atom stereocenters. The zero-order chi connectivity index (χ0) is 45.6. The Morgan fingerprint density at radius 2 is 0.952 bits per heavy atom. The predicted molar refractivity (Wildman–Crippen MR) is 254 cm³/mol. The third kappa shape index (κ3) is 43.3.